The molecular formula is C16H20N6O3S. The maximum Gasteiger partial charge on any atom is 0.268 e. The number of aromatic hydroxyl groups is 1. The highest BCUT2D eigenvalue weighted by molar-refractivity contribution is 7.99. The minimum Gasteiger partial charge on any atom is -0.493 e. The topological polar surface area (TPSA) is 159 Å². The van der Waals surface area contributed by atoms with E-state index in [9.17, 15) is 14.7 Å². The number of carbonyl (C=O) groups excluding carboxylic acids is 1. The first kappa shape index (κ1) is 19.3. The Morgan fingerprint density at radius 2 is 2.00 bits per heavy atom. The zero-order chi connectivity index (χ0) is 19.3. The Labute approximate surface area is 153 Å². The first-order chi connectivity index (χ1) is 12.3. The minimum absolute atomic E-state index is 0.159. The van der Waals surface area contributed by atoms with Gasteiger partial charge in [0, 0.05) is 22.7 Å². The van der Waals surface area contributed by atoms with Gasteiger partial charge in [-0.25, -0.2) is 0 Å². The van der Waals surface area contributed by atoms with Crippen molar-refractivity contribution in [3.63, 3.8) is 0 Å². The summed E-state index contributed by atoms with van der Waals surface area (Å²) in [6, 6.07) is 6.57. The number of nitrogens with one attached hydrogen (secondary N) is 3. The number of benzene rings is 1. The fourth-order valence-corrected chi connectivity index (χ4v) is 2.82. The second-order valence-corrected chi connectivity index (χ2v) is 7.06. The van der Waals surface area contributed by atoms with Crippen LogP contribution >= 0.6 is 11.8 Å². The predicted molar refractivity (Wildman–Crippen MR) is 101 cm³/mol. The highest BCUT2D eigenvalue weighted by Gasteiger charge is 2.19. The molecule has 0 aliphatic rings. The number of nitrogens with zero attached hydrogens (tertiary/aromatic N) is 1. The normalized spacial score (nSPS) is 11.5. The predicted octanol–water partition coefficient (Wildman–Crippen LogP) is 0.949. The molecule has 0 fully saturated rings. The fourth-order valence-electron chi connectivity index (χ4n) is 2.08. The van der Waals surface area contributed by atoms with Crippen LogP contribution in [0, 0.1) is 0 Å². The first-order valence-corrected chi connectivity index (χ1v) is 8.54. The van der Waals surface area contributed by atoms with Crippen LogP contribution in [0.3, 0.4) is 0 Å². The molecule has 0 saturated heterocycles. The monoisotopic (exact) mass is 376 g/mol. The number of hydrogen-bond acceptors (Lipinski definition) is 8. The largest absolute Gasteiger partial charge is 0.493 e. The van der Waals surface area contributed by atoms with E-state index in [1.807, 2.05) is 13.8 Å². The lowest BCUT2D eigenvalue weighted by Crippen LogP contribution is -2.24. The molecule has 0 spiro atoms. The molecule has 0 aliphatic heterocycles. The average Bonchev–Trinajstić information content (AvgIpc) is 2.56. The average molecular weight is 376 g/mol. The lowest BCUT2D eigenvalue weighted by molar-refractivity contribution is 0.102. The van der Waals surface area contributed by atoms with Gasteiger partial charge in [-0.1, -0.05) is 37.7 Å². The minimum atomic E-state index is -0.767. The Bertz CT molecular complexity index is 877. The van der Waals surface area contributed by atoms with E-state index in [1.165, 1.54) is 18.0 Å². The number of rotatable bonds is 6. The summed E-state index contributed by atoms with van der Waals surface area (Å²) in [7, 11) is 0. The highest BCUT2D eigenvalue weighted by Crippen LogP contribution is 2.21. The van der Waals surface area contributed by atoms with Crippen LogP contribution in [-0.2, 0) is 0 Å². The summed E-state index contributed by atoms with van der Waals surface area (Å²) in [4.78, 5) is 30.8. The van der Waals surface area contributed by atoms with Crippen molar-refractivity contribution < 1.29 is 9.90 Å². The Morgan fingerprint density at radius 3 is 2.50 bits per heavy atom. The van der Waals surface area contributed by atoms with Gasteiger partial charge in [-0.05, 0) is 12.1 Å². The van der Waals surface area contributed by atoms with E-state index in [1.54, 1.807) is 24.3 Å². The van der Waals surface area contributed by atoms with Crippen LogP contribution in [0.2, 0.25) is 0 Å². The van der Waals surface area contributed by atoms with Crippen molar-refractivity contribution in [2.24, 2.45) is 11.6 Å². The summed E-state index contributed by atoms with van der Waals surface area (Å²) in [6.07, 6.45) is 1.31. The summed E-state index contributed by atoms with van der Waals surface area (Å²) in [5.41, 5.74) is 8.37. The smallest absolute Gasteiger partial charge is 0.268 e. The van der Waals surface area contributed by atoms with Crippen molar-refractivity contribution in [1.29, 1.82) is 0 Å². The van der Waals surface area contributed by atoms with E-state index in [2.05, 4.69) is 20.7 Å². The molecule has 0 radical (unpaired) electrons. The van der Waals surface area contributed by atoms with Gasteiger partial charge in [0.2, 0.25) is 5.88 Å². The fraction of sp³-hybridized carbons (Fsp3) is 0.188. The molecule has 1 heterocycles. The van der Waals surface area contributed by atoms with Gasteiger partial charge in [0.25, 0.3) is 11.5 Å². The molecule has 0 aliphatic carbocycles. The van der Waals surface area contributed by atoms with Gasteiger partial charge in [0.05, 0.1) is 5.70 Å². The Kier molecular flexibility index (Phi) is 6.26. The van der Waals surface area contributed by atoms with Gasteiger partial charge < -0.3 is 26.6 Å². The maximum atomic E-state index is 12.3. The summed E-state index contributed by atoms with van der Waals surface area (Å²) in [5, 5.41) is 12.9. The van der Waals surface area contributed by atoms with E-state index in [0.717, 1.165) is 0 Å². The summed E-state index contributed by atoms with van der Waals surface area (Å²) in [6.45, 7) is 3.83. The van der Waals surface area contributed by atoms with Crippen LogP contribution < -0.4 is 27.9 Å². The third-order valence-electron chi connectivity index (χ3n) is 3.23. The van der Waals surface area contributed by atoms with Crippen molar-refractivity contribution in [3.8, 4) is 5.88 Å². The van der Waals surface area contributed by atoms with E-state index < -0.39 is 22.9 Å². The highest BCUT2D eigenvalue weighted by atomic mass is 32.2. The van der Waals surface area contributed by atoms with Crippen molar-refractivity contribution in [3.05, 3.63) is 51.9 Å². The molecule has 26 heavy (non-hydrogen) atoms. The van der Waals surface area contributed by atoms with Crippen molar-refractivity contribution in [1.82, 2.24) is 15.4 Å². The van der Waals surface area contributed by atoms with Crippen LogP contribution in [0.1, 0.15) is 29.8 Å². The van der Waals surface area contributed by atoms with E-state index >= 15 is 0 Å². The van der Waals surface area contributed by atoms with E-state index in [4.69, 9.17) is 11.6 Å². The van der Waals surface area contributed by atoms with Crippen molar-refractivity contribution in [2.45, 2.75) is 24.3 Å². The van der Waals surface area contributed by atoms with Gasteiger partial charge in [0.1, 0.15) is 0 Å². The number of thioether (sulfide) groups is 1. The molecular weight excluding hydrogens is 356 g/mol. The number of hydrogen-bond donors (Lipinski definition) is 6. The molecule has 1 aromatic carbocycles. The van der Waals surface area contributed by atoms with Gasteiger partial charge in [-0.15, -0.1) is 0 Å². The molecule has 0 saturated carbocycles. The lowest BCUT2D eigenvalue weighted by atomic mass is 10.1. The second kappa shape index (κ2) is 8.41. The molecule has 138 valence electrons. The van der Waals surface area contributed by atoms with Gasteiger partial charge in [0.15, 0.2) is 10.7 Å². The number of aromatic amines is 1. The molecule has 1 amide bonds. The molecule has 2 rings (SSSR count). The second-order valence-electron chi connectivity index (χ2n) is 5.49. The van der Waals surface area contributed by atoms with Gasteiger partial charge >= 0.3 is 0 Å². The number of aromatic nitrogens is 2. The Balaban J connectivity index is 2.21. The van der Waals surface area contributed by atoms with Crippen molar-refractivity contribution >= 4 is 29.1 Å². The number of H-pyrrole nitrogens is 1. The number of nitrogens with two attached hydrogens (primary N) is 2. The third kappa shape index (κ3) is 4.55. The molecule has 0 bridgehead atoms. The molecule has 1 aromatic heterocycles. The van der Waals surface area contributed by atoms with Crippen LogP contribution in [0.15, 0.2) is 40.4 Å². The van der Waals surface area contributed by atoms with Crippen LogP contribution in [-0.4, -0.2) is 26.2 Å². The number of carbonyl (C=O) groups is 1. The van der Waals surface area contributed by atoms with E-state index in [0.29, 0.717) is 16.9 Å². The van der Waals surface area contributed by atoms with Crippen LogP contribution in [0.5, 0.6) is 5.88 Å². The zero-order valence-corrected chi connectivity index (χ0v) is 15.1. The third-order valence-corrected chi connectivity index (χ3v) is 4.12. The lowest BCUT2D eigenvalue weighted by Gasteiger charge is -2.09. The Morgan fingerprint density at radius 1 is 1.35 bits per heavy atom. The van der Waals surface area contributed by atoms with Gasteiger partial charge in [-0.3, -0.25) is 15.4 Å². The van der Waals surface area contributed by atoms with Gasteiger partial charge in [-0.2, -0.15) is 4.98 Å². The first-order valence-electron chi connectivity index (χ1n) is 7.66. The molecule has 9 nitrogen and oxygen atoms in total. The maximum absolute atomic E-state index is 12.3. The van der Waals surface area contributed by atoms with E-state index in [-0.39, 0.29) is 10.4 Å². The Hall–Kier alpha value is -2.98. The van der Waals surface area contributed by atoms with Crippen LogP contribution in [0.25, 0.3) is 5.70 Å². The molecule has 8 N–H and O–H groups in total. The van der Waals surface area contributed by atoms with Crippen molar-refractivity contribution in [2.75, 3.05) is 5.32 Å². The molecule has 2 aromatic rings. The SMILES string of the molecule is CC(C)Sc1nc(O)c(C(=O)Nc2ccc(/C(=C/N)NN)cc2)c(=O)[nH]1. The molecule has 0 atom stereocenters. The standard InChI is InChI=1S/C16H20N6O3S/c1-8(2)26-16-20-14(24)12(15(25)21-16)13(23)19-10-5-3-9(4-6-10)11(7-17)22-18/h3-8,22H,17-18H2,1-2H3,(H,19,23)(H2,20,21,24,25)/b11-7-. The molecule has 10 heteroatoms. The molecule has 0 unspecified atom stereocenters. The summed E-state index contributed by atoms with van der Waals surface area (Å²) in [5.74, 6) is 3.96. The number of hydrazine groups is 1. The summed E-state index contributed by atoms with van der Waals surface area (Å²) >= 11 is 1.27. The van der Waals surface area contributed by atoms with Crippen LogP contribution in [0.4, 0.5) is 5.69 Å². The quantitative estimate of drug-likeness (QED) is 0.188. The zero-order valence-electron chi connectivity index (χ0n) is 14.2. The summed E-state index contributed by atoms with van der Waals surface area (Å²) < 4.78 is 0. The number of anilines is 1. The number of amides is 1.